The van der Waals surface area contributed by atoms with E-state index in [4.69, 9.17) is 9.72 Å². The molecule has 8 heteroatoms. The van der Waals surface area contributed by atoms with Crippen molar-refractivity contribution in [1.29, 1.82) is 0 Å². The van der Waals surface area contributed by atoms with Crippen molar-refractivity contribution in [3.05, 3.63) is 93.8 Å². The molecule has 0 aliphatic heterocycles. The Bertz CT molecular complexity index is 1640. The van der Waals surface area contributed by atoms with Crippen LogP contribution >= 0.6 is 11.8 Å². The van der Waals surface area contributed by atoms with Crippen molar-refractivity contribution >= 4 is 39.6 Å². The summed E-state index contributed by atoms with van der Waals surface area (Å²) in [7, 11) is 1.57. The van der Waals surface area contributed by atoms with Crippen LogP contribution in [0.5, 0.6) is 5.75 Å². The van der Waals surface area contributed by atoms with Gasteiger partial charge in [-0.3, -0.25) is 9.59 Å². The number of nitrogens with zero attached hydrogens (tertiary/aromatic N) is 2. The van der Waals surface area contributed by atoms with Crippen LogP contribution in [0.15, 0.2) is 76.7 Å². The Morgan fingerprint density at radius 1 is 1.06 bits per heavy atom. The van der Waals surface area contributed by atoms with E-state index in [1.165, 1.54) is 21.9 Å². The maximum atomic E-state index is 13.8. The predicted molar refractivity (Wildman–Crippen MR) is 144 cm³/mol. The zero-order chi connectivity index (χ0) is 25.2. The third-order valence-corrected chi connectivity index (χ3v) is 6.95. The van der Waals surface area contributed by atoms with Crippen LogP contribution in [0.25, 0.3) is 27.6 Å². The summed E-state index contributed by atoms with van der Waals surface area (Å²) in [5.74, 6) is 0.516. The van der Waals surface area contributed by atoms with Crippen LogP contribution in [-0.2, 0) is 11.3 Å². The Morgan fingerprint density at radius 3 is 2.58 bits per heavy atom. The van der Waals surface area contributed by atoms with Gasteiger partial charge in [-0.2, -0.15) is 0 Å². The summed E-state index contributed by atoms with van der Waals surface area (Å²) in [5, 5.41) is 4.23. The lowest BCUT2D eigenvalue weighted by atomic mass is 10.1. The van der Waals surface area contributed by atoms with E-state index in [-0.39, 0.29) is 17.2 Å². The van der Waals surface area contributed by atoms with E-state index in [2.05, 4.69) is 10.3 Å². The van der Waals surface area contributed by atoms with Gasteiger partial charge in [0.1, 0.15) is 16.8 Å². The lowest BCUT2D eigenvalue weighted by Crippen LogP contribution is -2.26. The standard InChI is InChI=1S/C28H26N4O3S/c1-17-8-11-19(12-9-17)15-29-24(33)16-36-28-31-25-20-6-4-5-7-21(20)30-26(25)27(34)32(28)22-14-18(2)10-13-23(22)35-3/h4-14,30H,15-16H2,1-3H3,(H,29,33). The molecule has 36 heavy (non-hydrogen) atoms. The molecule has 0 radical (unpaired) electrons. The summed E-state index contributed by atoms with van der Waals surface area (Å²) in [6.07, 6.45) is 0. The van der Waals surface area contributed by atoms with Gasteiger partial charge in [-0.15, -0.1) is 0 Å². The number of nitrogens with one attached hydrogen (secondary N) is 2. The smallest absolute Gasteiger partial charge is 0.283 e. The number of para-hydroxylation sites is 1. The molecule has 0 aliphatic carbocycles. The van der Waals surface area contributed by atoms with E-state index in [1.807, 2.05) is 80.6 Å². The largest absolute Gasteiger partial charge is 0.495 e. The molecule has 182 valence electrons. The van der Waals surface area contributed by atoms with Crippen molar-refractivity contribution in [2.24, 2.45) is 0 Å². The molecule has 2 heterocycles. The maximum absolute atomic E-state index is 13.8. The number of ether oxygens (including phenoxy) is 1. The number of rotatable bonds is 7. The Morgan fingerprint density at radius 2 is 1.81 bits per heavy atom. The normalized spacial score (nSPS) is 11.2. The second-order valence-corrected chi connectivity index (χ2v) is 9.60. The summed E-state index contributed by atoms with van der Waals surface area (Å²) in [4.78, 5) is 34.6. The van der Waals surface area contributed by atoms with E-state index in [9.17, 15) is 9.59 Å². The highest BCUT2D eigenvalue weighted by Gasteiger charge is 2.20. The summed E-state index contributed by atoms with van der Waals surface area (Å²) >= 11 is 1.22. The van der Waals surface area contributed by atoms with Crippen LogP contribution in [0, 0.1) is 13.8 Å². The van der Waals surface area contributed by atoms with Gasteiger partial charge in [0.05, 0.1) is 18.6 Å². The Hall–Kier alpha value is -4.04. The Labute approximate surface area is 212 Å². The van der Waals surface area contributed by atoms with Gasteiger partial charge in [0.15, 0.2) is 5.16 Å². The number of methoxy groups -OCH3 is 1. The number of benzene rings is 3. The highest BCUT2D eigenvalue weighted by Crippen LogP contribution is 2.30. The SMILES string of the molecule is COc1ccc(C)cc1-n1c(SCC(=O)NCc2ccc(C)cc2)nc2c([nH]c3ccccc32)c1=O. The second-order valence-electron chi connectivity index (χ2n) is 8.66. The number of carbonyl (C=O) groups excluding carboxylic acids is 1. The first kappa shape index (κ1) is 23.7. The number of thioether (sulfide) groups is 1. The lowest BCUT2D eigenvalue weighted by molar-refractivity contribution is -0.118. The first-order valence-electron chi connectivity index (χ1n) is 11.6. The number of aromatic nitrogens is 3. The number of fused-ring (bicyclic) bond motifs is 3. The van der Waals surface area contributed by atoms with E-state index in [1.54, 1.807) is 7.11 Å². The molecule has 0 atom stereocenters. The summed E-state index contributed by atoms with van der Waals surface area (Å²) in [6.45, 7) is 4.42. The molecule has 0 saturated carbocycles. The van der Waals surface area contributed by atoms with Crippen molar-refractivity contribution in [3.8, 4) is 11.4 Å². The fourth-order valence-electron chi connectivity index (χ4n) is 4.11. The highest BCUT2D eigenvalue weighted by molar-refractivity contribution is 7.99. The van der Waals surface area contributed by atoms with Crippen LogP contribution in [-0.4, -0.2) is 33.3 Å². The van der Waals surface area contributed by atoms with Gasteiger partial charge in [0.2, 0.25) is 5.91 Å². The zero-order valence-electron chi connectivity index (χ0n) is 20.3. The van der Waals surface area contributed by atoms with Gasteiger partial charge in [-0.25, -0.2) is 9.55 Å². The lowest BCUT2D eigenvalue weighted by Gasteiger charge is -2.15. The topological polar surface area (TPSA) is 89.0 Å². The monoisotopic (exact) mass is 498 g/mol. The van der Waals surface area contributed by atoms with E-state index in [0.717, 1.165) is 22.0 Å². The quantitative estimate of drug-likeness (QED) is 0.246. The first-order chi connectivity index (χ1) is 17.4. The van der Waals surface area contributed by atoms with Gasteiger partial charge >= 0.3 is 0 Å². The number of hydrogen-bond acceptors (Lipinski definition) is 5. The van der Waals surface area contributed by atoms with Gasteiger partial charge < -0.3 is 15.0 Å². The number of hydrogen-bond donors (Lipinski definition) is 2. The fourth-order valence-corrected chi connectivity index (χ4v) is 4.94. The minimum absolute atomic E-state index is 0.111. The van der Waals surface area contributed by atoms with Crippen LogP contribution < -0.4 is 15.6 Å². The van der Waals surface area contributed by atoms with Crippen molar-refractivity contribution in [2.45, 2.75) is 25.5 Å². The Kier molecular flexibility index (Phi) is 6.52. The van der Waals surface area contributed by atoms with Crippen LogP contribution in [0.1, 0.15) is 16.7 Å². The summed E-state index contributed by atoms with van der Waals surface area (Å²) in [6, 6.07) is 21.3. The molecule has 0 bridgehead atoms. The van der Waals surface area contributed by atoms with Gasteiger partial charge in [0, 0.05) is 17.4 Å². The molecule has 2 aromatic heterocycles. The summed E-state index contributed by atoms with van der Waals surface area (Å²) in [5.41, 5.74) is 5.33. The molecule has 3 aromatic carbocycles. The van der Waals surface area contributed by atoms with Crippen molar-refractivity contribution in [3.63, 3.8) is 0 Å². The molecule has 0 saturated heterocycles. The maximum Gasteiger partial charge on any atom is 0.283 e. The molecule has 0 aliphatic rings. The third kappa shape index (κ3) is 4.59. The van der Waals surface area contributed by atoms with E-state index >= 15 is 0 Å². The van der Waals surface area contributed by atoms with E-state index < -0.39 is 0 Å². The predicted octanol–water partition coefficient (Wildman–Crippen LogP) is 4.90. The first-order valence-corrected chi connectivity index (χ1v) is 12.6. The zero-order valence-corrected chi connectivity index (χ0v) is 21.1. The minimum Gasteiger partial charge on any atom is -0.495 e. The number of aromatic amines is 1. The van der Waals surface area contributed by atoms with Crippen LogP contribution in [0.3, 0.4) is 0 Å². The van der Waals surface area contributed by atoms with Gasteiger partial charge in [-0.1, -0.05) is 65.9 Å². The summed E-state index contributed by atoms with van der Waals surface area (Å²) < 4.78 is 7.10. The third-order valence-electron chi connectivity index (χ3n) is 6.01. The van der Waals surface area contributed by atoms with Crippen molar-refractivity contribution < 1.29 is 9.53 Å². The molecule has 2 N–H and O–H groups in total. The fraction of sp³-hybridized carbons (Fsp3) is 0.179. The van der Waals surface area contributed by atoms with Crippen molar-refractivity contribution in [1.82, 2.24) is 19.9 Å². The minimum atomic E-state index is -0.248. The van der Waals surface area contributed by atoms with Gasteiger partial charge in [0.25, 0.3) is 5.56 Å². The molecule has 0 unspecified atom stereocenters. The number of carbonyl (C=O) groups is 1. The van der Waals surface area contributed by atoms with Crippen LogP contribution in [0.4, 0.5) is 0 Å². The molecule has 7 nitrogen and oxygen atoms in total. The molecular weight excluding hydrogens is 472 g/mol. The van der Waals surface area contributed by atoms with Crippen molar-refractivity contribution in [2.75, 3.05) is 12.9 Å². The Balaban J connectivity index is 1.53. The number of H-pyrrole nitrogens is 1. The molecule has 0 spiro atoms. The average molecular weight is 499 g/mol. The highest BCUT2D eigenvalue weighted by atomic mass is 32.2. The number of amides is 1. The molecule has 0 fully saturated rings. The molecular formula is C28H26N4O3S. The second kappa shape index (κ2) is 9.91. The van der Waals surface area contributed by atoms with Gasteiger partial charge in [-0.05, 0) is 43.2 Å². The number of aryl methyl sites for hydroxylation is 2. The van der Waals surface area contributed by atoms with Crippen LogP contribution in [0.2, 0.25) is 0 Å². The molecule has 1 amide bonds. The van der Waals surface area contributed by atoms with E-state index in [0.29, 0.717) is 34.2 Å². The average Bonchev–Trinajstić information content (AvgIpc) is 3.26. The molecule has 5 aromatic rings. The molecule has 5 rings (SSSR count).